The molecule has 48 heavy (non-hydrogen) atoms. The number of allylic oxidation sites excluding steroid dienone is 2. The molecule has 0 nitrogen and oxygen atoms in total. The number of benzene rings is 4. The zero-order valence-electron chi connectivity index (χ0n) is 31.6. The van der Waals surface area contributed by atoms with Crippen molar-refractivity contribution in [1.29, 1.82) is 0 Å². The first-order chi connectivity index (χ1) is 22.3. The molecule has 0 spiro atoms. The fraction of sp³-hybridized carbons (Fsp3) is 0.383. The number of rotatable bonds is 8. The van der Waals surface area contributed by atoms with Crippen molar-refractivity contribution in [3.8, 4) is 22.3 Å². The second kappa shape index (κ2) is 10.6. The van der Waals surface area contributed by atoms with Crippen LogP contribution in [-0.2, 0) is 25.9 Å². The Balaban J connectivity index is 1.53. The van der Waals surface area contributed by atoms with Crippen LogP contribution in [0.15, 0.2) is 97.1 Å². The summed E-state index contributed by atoms with van der Waals surface area (Å²) in [6.45, 7) is 18.6. The molecule has 0 fully saturated rings. The molecular weight excluding hydrogens is 743 g/mol. The fourth-order valence-corrected chi connectivity index (χ4v) is 53.7. The first-order valence-electron chi connectivity index (χ1n) is 18.7. The number of hydrogen-bond acceptors (Lipinski definition) is 0. The summed E-state index contributed by atoms with van der Waals surface area (Å²) in [6, 6.07) is 32.8. The minimum atomic E-state index is -5.31. The summed E-state index contributed by atoms with van der Waals surface area (Å²) in [7, 11) is 0. The van der Waals surface area contributed by atoms with Gasteiger partial charge in [0.15, 0.2) is 0 Å². The van der Waals surface area contributed by atoms with Crippen molar-refractivity contribution < 1.29 is 15.1 Å². The molecule has 252 valence electrons. The monoisotopic (exact) mass is 804 g/mol. The summed E-state index contributed by atoms with van der Waals surface area (Å²) in [4.78, 5) is 0. The molecule has 0 bridgehead atoms. The maximum atomic E-state index is 5.88. The Labute approximate surface area is 286 Å². The molecule has 0 heterocycles. The van der Waals surface area contributed by atoms with Gasteiger partial charge in [-0.15, -0.1) is 0 Å². The molecular formula is C47H60Hf. The molecule has 4 aromatic rings. The zero-order chi connectivity index (χ0) is 34.9. The Kier molecular flexibility index (Phi) is 7.68. The molecule has 6 rings (SSSR count). The summed E-state index contributed by atoms with van der Waals surface area (Å²) < 4.78 is 14.4. The molecule has 0 saturated carbocycles. The van der Waals surface area contributed by atoms with Crippen molar-refractivity contribution in [3.63, 3.8) is 0 Å². The van der Waals surface area contributed by atoms with Crippen LogP contribution in [0.5, 0.6) is 0 Å². The van der Waals surface area contributed by atoms with Crippen LogP contribution in [0.3, 0.4) is 0 Å². The second-order valence-corrected chi connectivity index (χ2v) is 70.9. The van der Waals surface area contributed by atoms with E-state index >= 15 is 0 Å². The van der Waals surface area contributed by atoms with E-state index in [0.717, 1.165) is 12.8 Å². The van der Waals surface area contributed by atoms with Crippen LogP contribution >= 0.6 is 0 Å². The van der Waals surface area contributed by atoms with Gasteiger partial charge in [-0.05, 0) is 0 Å². The summed E-state index contributed by atoms with van der Waals surface area (Å²) in [6.07, 6.45) is 12.4. The van der Waals surface area contributed by atoms with Crippen LogP contribution in [0.1, 0.15) is 109 Å². The van der Waals surface area contributed by atoms with Crippen molar-refractivity contribution in [2.45, 2.75) is 104 Å². The quantitative estimate of drug-likeness (QED) is 0.156. The van der Waals surface area contributed by atoms with Gasteiger partial charge in [0.2, 0.25) is 0 Å². The molecule has 0 aromatic heterocycles. The van der Waals surface area contributed by atoms with Crippen LogP contribution in [-0.4, -0.2) is 4.26 Å². The van der Waals surface area contributed by atoms with E-state index in [1.807, 2.05) is 0 Å². The summed E-state index contributed by atoms with van der Waals surface area (Å²) in [5.41, 5.74) is 14.1. The predicted molar refractivity (Wildman–Crippen MR) is 214 cm³/mol. The van der Waals surface area contributed by atoms with Crippen LogP contribution in [0, 0.1) is 0 Å². The standard InChI is InChI=1S/2C19H19.2C3H7.2CH3.CH2.Hf/c2*1-19(2,3)16-12-10-15(11-13-16)18-9-5-7-14-6-4-8-17(14)18;2*1-3-2;;;;/h2*4-13H,1-3H3;2*1,3H2,2H3;2*1H3;1H2;. The van der Waals surface area contributed by atoms with Gasteiger partial charge in [0.05, 0.1) is 0 Å². The van der Waals surface area contributed by atoms with E-state index in [4.69, 9.17) is 4.26 Å². The second-order valence-electron chi connectivity index (χ2n) is 20.4. The Morgan fingerprint density at radius 3 is 1.21 bits per heavy atom. The molecule has 1 heteroatoms. The van der Waals surface area contributed by atoms with Gasteiger partial charge in [0, 0.05) is 0 Å². The summed E-state index contributed by atoms with van der Waals surface area (Å²) >= 11 is -5.31. The van der Waals surface area contributed by atoms with E-state index in [9.17, 15) is 0 Å². The Hall–Kier alpha value is -2.90. The van der Waals surface area contributed by atoms with Crippen LogP contribution < -0.4 is 0 Å². The van der Waals surface area contributed by atoms with E-state index in [2.05, 4.69) is 174 Å². The molecule has 2 atom stereocenters. The first-order valence-corrected chi connectivity index (χ1v) is 37.6. The average molecular weight is 803 g/mol. The van der Waals surface area contributed by atoms with Gasteiger partial charge in [-0.25, -0.2) is 0 Å². The summed E-state index contributed by atoms with van der Waals surface area (Å²) in [5, 5.41) is 0. The van der Waals surface area contributed by atoms with Crippen molar-refractivity contribution in [3.05, 3.63) is 130 Å². The molecule has 2 aliphatic carbocycles. The van der Waals surface area contributed by atoms with Gasteiger partial charge in [0.1, 0.15) is 0 Å². The van der Waals surface area contributed by atoms with Crippen molar-refractivity contribution >= 4 is 16.4 Å². The van der Waals surface area contributed by atoms with Crippen molar-refractivity contribution in [2.24, 2.45) is 0 Å². The van der Waals surface area contributed by atoms with Gasteiger partial charge < -0.3 is 0 Å². The number of hydrogen-bond donors (Lipinski definition) is 0. The molecule has 4 aromatic carbocycles. The molecule has 0 saturated heterocycles. The maximum absolute atomic E-state index is 5.88. The average Bonchev–Trinajstić information content (AvgIpc) is 3.68. The minimum absolute atomic E-state index is 0.139. The van der Waals surface area contributed by atoms with E-state index in [-0.39, 0.29) is 10.8 Å². The normalized spacial score (nSPS) is 19.7. The third-order valence-corrected chi connectivity index (χ3v) is 58.3. The van der Waals surface area contributed by atoms with Gasteiger partial charge >= 0.3 is 288 Å². The molecule has 0 radical (unpaired) electrons. The van der Waals surface area contributed by atoms with Crippen molar-refractivity contribution in [2.75, 3.05) is 0 Å². The SMILES string of the molecule is [CH2]=[Hf]([CH3])([CH3])([CH2]CC)([CH2]CC)([CH]1C=Cc2c(-c3ccc(C(C)(C)C)cc3)cccc21)[CH]1C=Cc2c(-c3ccc(C(C)(C)C)cc3)cccc21. The topological polar surface area (TPSA) is 0 Å². The van der Waals surface area contributed by atoms with E-state index in [0.29, 0.717) is 7.35 Å². The predicted octanol–water partition coefficient (Wildman–Crippen LogP) is 14.4. The Morgan fingerprint density at radius 1 is 0.542 bits per heavy atom. The molecule has 0 amide bonds. The fourth-order valence-electron chi connectivity index (χ4n) is 11.1. The Morgan fingerprint density at radius 2 is 0.896 bits per heavy atom. The molecule has 2 unspecified atom stereocenters. The van der Waals surface area contributed by atoms with Crippen LogP contribution in [0.2, 0.25) is 17.7 Å². The van der Waals surface area contributed by atoms with Gasteiger partial charge in [-0.2, -0.15) is 0 Å². The van der Waals surface area contributed by atoms with E-state index in [1.165, 1.54) is 64.0 Å². The third kappa shape index (κ3) is 5.21. The third-order valence-electron chi connectivity index (χ3n) is 13.7. The Bertz CT molecular complexity index is 1930. The van der Waals surface area contributed by atoms with E-state index in [1.54, 1.807) is 0 Å². The number of fused-ring (bicyclic) bond motifs is 2. The van der Waals surface area contributed by atoms with Crippen LogP contribution in [0.4, 0.5) is 0 Å². The van der Waals surface area contributed by atoms with Crippen LogP contribution in [0.25, 0.3) is 34.4 Å². The zero-order valence-corrected chi connectivity index (χ0v) is 35.2. The summed E-state index contributed by atoms with van der Waals surface area (Å²) in [5.74, 6) is 0. The molecule has 2 aliphatic rings. The van der Waals surface area contributed by atoms with Gasteiger partial charge in [-0.1, -0.05) is 0 Å². The van der Waals surface area contributed by atoms with Crippen molar-refractivity contribution in [1.82, 2.24) is 0 Å². The first kappa shape index (κ1) is 34.9. The van der Waals surface area contributed by atoms with E-state index < -0.39 is 15.1 Å². The molecule has 0 aliphatic heterocycles. The molecule has 0 N–H and O–H groups in total. The van der Waals surface area contributed by atoms with Gasteiger partial charge in [-0.3, -0.25) is 0 Å². The van der Waals surface area contributed by atoms with Gasteiger partial charge in [0.25, 0.3) is 0 Å².